The first-order valence-electron chi connectivity index (χ1n) is 6.51. The maximum atomic E-state index is 13.4. The molecule has 2 rings (SSSR count). The van der Waals surface area contributed by atoms with E-state index in [-0.39, 0.29) is 0 Å². The van der Waals surface area contributed by atoms with Gasteiger partial charge >= 0.3 is 0 Å². The van der Waals surface area contributed by atoms with Crippen molar-refractivity contribution in [3.63, 3.8) is 0 Å². The third-order valence-electron chi connectivity index (χ3n) is 2.73. The lowest BCUT2D eigenvalue weighted by atomic mass is 10.2. The van der Waals surface area contributed by atoms with E-state index in [1.54, 1.807) is 12.1 Å². The summed E-state index contributed by atoms with van der Waals surface area (Å²) in [4.78, 5) is 23.1. The lowest BCUT2D eigenvalue weighted by Crippen LogP contribution is -2.32. The molecule has 2 N–H and O–H groups in total. The molecule has 0 unspecified atom stereocenters. The SMILES string of the molecule is O=C(/C=C/c1ccc(Br)o1)NCC(=O)Nc1ccc(F)c(F)c1F. The number of furan rings is 1. The summed E-state index contributed by atoms with van der Waals surface area (Å²) >= 11 is 3.10. The summed E-state index contributed by atoms with van der Waals surface area (Å²) in [7, 11) is 0. The number of benzene rings is 1. The highest BCUT2D eigenvalue weighted by molar-refractivity contribution is 9.10. The molecule has 24 heavy (non-hydrogen) atoms. The Labute approximate surface area is 142 Å². The molecule has 1 aromatic heterocycles. The van der Waals surface area contributed by atoms with Gasteiger partial charge in [0.15, 0.2) is 22.1 Å². The van der Waals surface area contributed by atoms with Crippen molar-refractivity contribution in [2.24, 2.45) is 0 Å². The van der Waals surface area contributed by atoms with Crippen LogP contribution in [0.2, 0.25) is 0 Å². The average Bonchev–Trinajstić information content (AvgIpc) is 2.97. The summed E-state index contributed by atoms with van der Waals surface area (Å²) in [5.41, 5.74) is -0.524. The van der Waals surface area contributed by atoms with Crippen molar-refractivity contribution in [2.75, 3.05) is 11.9 Å². The standard InChI is InChI=1S/C15H10BrF3N2O3/c16-11-5-1-8(24-11)2-6-12(22)20-7-13(23)21-10-4-3-9(17)14(18)15(10)19/h1-6H,7H2,(H,20,22)(H,21,23)/b6-2+. The lowest BCUT2D eigenvalue weighted by Gasteiger charge is -2.07. The number of nitrogens with one attached hydrogen (secondary N) is 2. The highest BCUT2D eigenvalue weighted by Gasteiger charge is 2.15. The molecule has 0 spiro atoms. The fraction of sp³-hybridized carbons (Fsp3) is 0.0667. The Kier molecular flexibility index (Phi) is 5.80. The quantitative estimate of drug-likeness (QED) is 0.595. The summed E-state index contributed by atoms with van der Waals surface area (Å²) in [6.45, 7) is -0.483. The monoisotopic (exact) mass is 402 g/mol. The van der Waals surface area contributed by atoms with Crippen LogP contribution in [0, 0.1) is 17.5 Å². The second-order valence-corrected chi connectivity index (χ2v) is 5.25. The van der Waals surface area contributed by atoms with Gasteiger partial charge in [0.05, 0.1) is 12.2 Å². The number of amides is 2. The number of carbonyl (C=O) groups is 2. The maximum Gasteiger partial charge on any atom is 0.244 e. The van der Waals surface area contributed by atoms with Crippen molar-refractivity contribution in [2.45, 2.75) is 0 Å². The molecular formula is C15H10BrF3N2O3. The molecule has 0 fully saturated rings. The van der Waals surface area contributed by atoms with Gasteiger partial charge in [-0.1, -0.05) is 0 Å². The molecule has 2 amide bonds. The second kappa shape index (κ2) is 7.82. The topological polar surface area (TPSA) is 71.3 Å². The summed E-state index contributed by atoms with van der Waals surface area (Å²) < 4.78 is 44.8. The summed E-state index contributed by atoms with van der Waals surface area (Å²) in [6, 6.07) is 4.81. The van der Waals surface area contributed by atoms with Crippen LogP contribution in [0.25, 0.3) is 6.08 Å². The van der Waals surface area contributed by atoms with Crippen molar-refractivity contribution in [3.8, 4) is 0 Å². The van der Waals surface area contributed by atoms with E-state index in [1.165, 1.54) is 6.08 Å². The van der Waals surface area contributed by atoms with Gasteiger partial charge in [-0.3, -0.25) is 9.59 Å². The van der Waals surface area contributed by atoms with Gasteiger partial charge in [0.1, 0.15) is 5.76 Å². The van der Waals surface area contributed by atoms with Crippen molar-refractivity contribution >= 4 is 39.5 Å². The number of hydrogen-bond donors (Lipinski definition) is 2. The average molecular weight is 403 g/mol. The van der Waals surface area contributed by atoms with Gasteiger partial charge in [-0.25, -0.2) is 13.2 Å². The summed E-state index contributed by atoms with van der Waals surface area (Å²) in [5, 5.41) is 4.27. The van der Waals surface area contributed by atoms with Crippen LogP contribution in [0.1, 0.15) is 5.76 Å². The largest absolute Gasteiger partial charge is 0.450 e. The molecule has 9 heteroatoms. The predicted molar refractivity (Wildman–Crippen MR) is 83.4 cm³/mol. The third-order valence-corrected chi connectivity index (χ3v) is 3.15. The normalized spacial score (nSPS) is 10.8. The lowest BCUT2D eigenvalue weighted by molar-refractivity contribution is -0.121. The molecule has 1 heterocycles. The van der Waals surface area contributed by atoms with Gasteiger partial charge in [-0.05, 0) is 46.3 Å². The molecule has 2 aromatic rings. The van der Waals surface area contributed by atoms with Crippen LogP contribution in [0.5, 0.6) is 0 Å². The Bertz CT molecular complexity index is 805. The minimum atomic E-state index is -1.69. The molecule has 0 saturated carbocycles. The highest BCUT2D eigenvalue weighted by atomic mass is 79.9. The number of hydrogen-bond acceptors (Lipinski definition) is 3. The Hall–Kier alpha value is -2.55. The van der Waals surface area contributed by atoms with Crippen molar-refractivity contribution in [1.82, 2.24) is 5.32 Å². The van der Waals surface area contributed by atoms with E-state index >= 15 is 0 Å². The Balaban J connectivity index is 1.86. The van der Waals surface area contributed by atoms with Crippen molar-refractivity contribution < 1.29 is 27.2 Å². The molecule has 0 aliphatic heterocycles. The minimum Gasteiger partial charge on any atom is -0.450 e. The molecule has 0 aliphatic rings. The van der Waals surface area contributed by atoms with Gasteiger partial charge in [-0.15, -0.1) is 0 Å². The first-order chi connectivity index (χ1) is 11.4. The van der Waals surface area contributed by atoms with Gasteiger partial charge < -0.3 is 15.1 Å². The maximum absolute atomic E-state index is 13.4. The molecule has 5 nitrogen and oxygen atoms in total. The van der Waals surface area contributed by atoms with Crippen LogP contribution in [-0.4, -0.2) is 18.4 Å². The van der Waals surface area contributed by atoms with Gasteiger partial charge in [0.25, 0.3) is 0 Å². The molecule has 0 aliphatic carbocycles. The van der Waals surface area contributed by atoms with Crippen molar-refractivity contribution in [3.05, 3.63) is 58.2 Å². The number of anilines is 1. The Morgan fingerprint density at radius 1 is 1.12 bits per heavy atom. The fourth-order valence-corrected chi connectivity index (χ4v) is 1.94. The van der Waals surface area contributed by atoms with E-state index in [9.17, 15) is 22.8 Å². The van der Waals surface area contributed by atoms with Crippen molar-refractivity contribution in [1.29, 1.82) is 0 Å². The van der Waals surface area contributed by atoms with E-state index in [0.717, 1.165) is 12.1 Å². The Morgan fingerprint density at radius 3 is 2.54 bits per heavy atom. The van der Waals surface area contributed by atoms with Gasteiger partial charge in [-0.2, -0.15) is 0 Å². The van der Waals surface area contributed by atoms with Crippen LogP contribution >= 0.6 is 15.9 Å². The number of carbonyl (C=O) groups excluding carboxylic acids is 2. The second-order valence-electron chi connectivity index (χ2n) is 4.46. The van der Waals surface area contributed by atoms with Gasteiger partial charge in [0.2, 0.25) is 11.8 Å². The third kappa shape index (κ3) is 4.72. The molecule has 0 saturated heterocycles. The molecule has 126 valence electrons. The molecule has 0 atom stereocenters. The smallest absolute Gasteiger partial charge is 0.244 e. The fourth-order valence-electron chi connectivity index (χ4n) is 1.62. The first-order valence-corrected chi connectivity index (χ1v) is 7.30. The molecule has 0 bridgehead atoms. The first kappa shape index (κ1) is 17.8. The number of halogens is 4. The van der Waals surface area contributed by atoms with Crippen LogP contribution in [0.4, 0.5) is 18.9 Å². The molecule has 1 aromatic carbocycles. The van der Waals surface area contributed by atoms with Crippen LogP contribution in [0.3, 0.4) is 0 Å². The van der Waals surface area contributed by atoms with E-state index < -0.39 is 41.5 Å². The number of rotatable bonds is 5. The summed E-state index contributed by atoms with van der Waals surface area (Å²) in [6.07, 6.45) is 2.52. The molecule has 0 radical (unpaired) electrons. The zero-order valence-corrected chi connectivity index (χ0v) is 13.5. The van der Waals surface area contributed by atoms with Crippen LogP contribution < -0.4 is 10.6 Å². The van der Waals surface area contributed by atoms with E-state index in [1.807, 2.05) is 5.32 Å². The van der Waals surface area contributed by atoms with E-state index in [4.69, 9.17) is 4.42 Å². The van der Waals surface area contributed by atoms with E-state index in [0.29, 0.717) is 16.5 Å². The van der Waals surface area contributed by atoms with Gasteiger partial charge in [0, 0.05) is 6.08 Å². The molecular weight excluding hydrogens is 393 g/mol. The van der Waals surface area contributed by atoms with Crippen LogP contribution in [-0.2, 0) is 9.59 Å². The zero-order chi connectivity index (χ0) is 17.7. The summed E-state index contributed by atoms with van der Waals surface area (Å²) in [5.74, 6) is -5.55. The predicted octanol–water partition coefficient (Wildman–Crippen LogP) is 3.23. The highest BCUT2D eigenvalue weighted by Crippen LogP contribution is 2.19. The zero-order valence-electron chi connectivity index (χ0n) is 11.9. The van der Waals surface area contributed by atoms with Crippen LogP contribution in [0.15, 0.2) is 39.4 Å². The Morgan fingerprint density at radius 2 is 1.88 bits per heavy atom. The van der Waals surface area contributed by atoms with E-state index in [2.05, 4.69) is 21.2 Å². The minimum absolute atomic E-state index is 0.422.